The van der Waals surface area contributed by atoms with Crippen LogP contribution in [0.3, 0.4) is 0 Å². The molecule has 0 unspecified atom stereocenters. The van der Waals surface area contributed by atoms with Gasteiger partial charge in [-0.25, -0.2) is 4.98 Å². The molecular weight excluding hydrogens is 286 g/mol. The van der Waals surface area contributed by atoms with E-state index < -0.39 is 0 Å². The number of hydrogen-bond acceptors (Lipinski definition) is 6. The fourth-order valence-electron chi connectivity index (χ4n) is 3.10. The van der Waals surface area contributed by atoms with Crippen molar-refractivity contribution in [2.24, 2.45) is 0 Å². The molecule has 0 radical (unpaired) electrons. The largest absolute Gasteiger partial charge is 0.390 e. The maximum absolute atomic E-state index is 10.3. The number of aliphatic hydroxyl groups is 1. The number of likely N-dealkylation sites (tertiary alicyclic amines) is 1. The zero-order valence-corrected chi connectivity index (χ0v) is 13.7. The van der Waals surface area contributed by atoms with Crippen LogP contribution in [0, 0.1) is 0 Å². The third kappa shape index (κ3) is 3.63. The van der Waals surface area contributed by atoms with E-state index in [0.717, 1.165) is 50.9 Å². The fraction of sp³-hybridized carbons (Fsp3) is 0.800. The summed E-state index contributed by atoms with van der Waals surface area (Å²) in [6.45, 7) is 10.3. The highest BCUT2D eigenvalue weighted by molar-refractivity contribution is 7.09. The molecule has 0 saturated carbocycles. The van der Waals surface area contributed by atoms with Crippen LogP contribution in [0.4, 0.5) is 0 Å². The molecule has 2 aliphatic rings. The van der Waals surface area contributed by atoms with E-state index in [2.05, 4.69) is 29.0 Å². The highest BCUT2D eigenvalue weighted by atomic mass is 32.1. The lowest BCUT2D eigenvalue weighted by Crippen LogP contribution is -2.48. The molecular formula is C15H25N3O2S. The van der Waals surface area contributed by atoms with Gasteiger partial charge in [0, 0.05) is 37.6 Å². The van der Waals surface area contributed by atoms with Crippen LogP contribution in [0.5, 0.6) is 0 Å². The van der Waals surface area contributed by atoms with Crippen LogP contribution < -0.4 is 0 Å². The van der Waals surface area contributed by atoms with Gasteiger partial charge < -0.3 is 9.84 Å². The molecule has 118 valence electrons. The van der Waals surface area contributed by atoms with E-state index in [-0.39, 0.29) is 12.1 Å². The van der Waals surface area contributed by atoms with Crippen molar-refractivity contribution < 1.29 is 9.84 Å². The third-order valence-corrected chi connectivity index (χ3v) is 5.22. The molecule has 6 heteroatoms. The summed E-state index contributed by atoms with van der Waals surface area (Å²) in [5.74, 6) is 0.486. The zero-order chi connectivity index (χ0) is 14.8. The predicted molar refractivity (Wildman–Crippen MR) is 83.7 cm³/mol. The maximum Gasteiger partial charge on any atom is 0.107 e. The van der Waals surface area contributed by atoms with Gasteiger partial charge >= 0.3 is 0 Å². The monoisotopic (exact) mass is 311 g/mol. The van der Waals surface area contributed by atoms with Crippen LogP contribution in [0.25, 0.3) is 0 Å². The molecule has 0 aliphatic carbocycles. The Kier molecular flexibility index (Phi) is 4.91. The smallest absolute Gasteiger partial charge is 0.107 e. The van der Waals surface area contributed by atoms with Crippen molar-refractivity contribution >= 4 is 11.3 Å². The SMILES string of the molecule is CC(C)c1csc(CN2C[C@H](O)[C@@H](N3CCOCC3)C2)n1. The van der Waals surface area contributed by atoms with Gasteiger partial charge in [-0.3, -0.25) is 9.80 Å². The van der Waals surface area contributed by atoms with Gasteiger partial charge in [0.05, 0.1) is 31.6 Å². The van der Waals surface area contributed by atoms with Gasteiger partial charge in [0.25, 0.3) is 0 Å². The minimum Gasteiger partial charge on any atom is -0.390 e. The Morgan fingerprint density at radius 3 is 2.81 bits per heavy atom. The lowest BCUT2D eigenvalue weighted by atomic mass is 10.2. The number of rotatable bonds is 4. The molecule has 2 fully saturated rings. The van der Waals surface area contributed by atoms with Crippen LogP contribution >= 0.6 is 11.3 Å². The van der Waals surface area contributed by atoms with Crippen molar-refractivity contribution in [3.05, 3.63) is 16.1 Å². The number of ether oxygens (including phenoxy) is 1. The molecule has 2 aliphatic heterocycles. The quantitative estimate of drug-likeness (QED) is 0.904. The number of thiazole rings is 1. The molecule has 1 aromatic rings. The third-order valence-electron chi connectivity index (χ3n) is 4.37. The standard InChI is InChI=1S/C15H25N3O2S/c1-11(2)12-10-21-15(16-12)9-17-7-13(14(19)8-17)18-3-5-20-6-4-18/h10-11,13-14,19H,3-9H2,1-2H3/t13-,14-/m0/s1. The van der Waals surface area contributed by atoms with E-state index in [0.29, 0.717) is 5.92 Å². The van der Waals surface area contributed by atoms with Gasteiger partial charge in [0.2, 0.25) is 0 Å². The summed E-state index contributed by atoms with van der Waals surface area (Å²) in [5, 5.41) is 13.7. The lowest BCUT2D eigenvalue weighted by molar-refractivity contribution is -0.00618. The topological polar surface area (TPSA) is 48.8 Å². The Labute approximate surface area is 130 Å². The molecule has 0 spiro atoms. The second-order valence-corrected chi connectivity index (χ2v) is 7.24. The Morgan fingerprint density at radius 2 is 2.14 bits per heavy atom. The molecule has 2 saturated heterocycles. The first kappa shape index (κ1) is 15.4. The van der Waals surface area contributed by atoms with Crippen molar-refractivity contribution in [3.8, 4) is 0 Å². The van der Waals surface area contributed by atoms with Gasteiger partial charge in [-0.1, -0.05) is 13.8 Å². The van der Waals surface area contributed by atoms with E-state index >= 15 is 0 Å². The van der Waals surface area contributed by atoms with Gasteiger partial charge in [0.15, 0.2) is 0 Å². The van der Waals surface area contributed by atoms with Crippen molar-refractivity contribution in [3.63, 3.8) is 0 Å². The summed E-state index contributed by atoms with van der Waals surface area (Å²) < 4.78 is 5.40. The first-order chi connectivity index (χ1) is 10.1. The highest BCUT2D eigenvalue weighted by Crippen LogP contribution is 2.23. The molecule has 5 nitrogen and oxygen atoms in total. The molecule has 1 N–H and O–H groups in total. The van der Waals surface area contributed by atoms with Crippen LogP contribution in [0.2, 0.25) is 0 Å². The van der Waals surface area contributed by atoms with Crippen molar-refractivity contribution in [2.75, 3.05) is 39.4 Å². The fourth-order valence-corrected chi connectivity index (χ4v) is 4.10. The van der Waals surface area contributed by atoms with Crippen molar-refractivity contribution in [1.82, 2.24) is 14.8 Å². The number of morpholine rings is 1. The molecule has 2 atom stereocenters. The normalized spacial score (nSPS) is 28.6. The van der Waals surface area contributed by atoms with Gasteiger partial charge in [0.1, 0.15) is 5.01 Å². The summed E-state index contributed by atoms with van der Waals surface area (Å²) in [4.78, 5) is 9.40. The van der Waals surface area contributed by atoms with E-state index in [1.165, 1.54) is 5.69 Å². The first-order valence-electron chi connectivity index (χ1n) is 7.80. The summed E-state index contributed by atoms with van der Waals surface area (Å²) in [7, 11) is 0. The molecule has 3 heterocycles. The molecule has 1 aromatic heterocycles. The van der Waals surface area contributed by atoms with Crippen LogP contribution in [0.1, 0.15) is 30.5 Å². The maximum atomic E-state index is 10.3. The van der Waals surface area contributed by atoms with Crippen molar-refractivity contribution in [1.29, 1.82) is 0 Å². The predicted octanol–water partition coefficient (Wildman–Crippen LogP) is 1.14. The number of aromatic nitrogens is 1. The van der Waals surface area contributed by atoms with E-state index in [9.17, 15) is 5.11 Å². The minimum absolute atomic E-state index is 0.249. The summed E-state index contributed by atoms with van der Waals surface area (Å²) in [6.07, 6.45) is -0.257. The number of nitrogens with zero attached hydrogens (tertiary/aromatic N) is 3. The number of β-amino-alcohol motifs (C(OH)–C–C–N with tert-alkyl or cyclic N) is 1. The van der Waals surface area contributed by atoms with Crippen LogP contribution in [-0.2, 0) is 11.3 Å². The lowest BCUT2D eigenvalue weighted by Gasteiger charge is -2.33. The average Bonchev–Trinajstić information content (AvgIpc) is 3.07. The number of hydrogen-bond donors (Lipinski definition) is 1. The first-order valence-corrected chi connectivity index (χ1v) is 8.68. The van der Waals surface area contributed by atoms with E-state index in [1.807, 2.05) is 0 Å². The minimum atomic E-state index is -0.257. The molecule has 0 bridgehead atoms. The van der Waals surface area contributed by atoms with Gasteiger partial charge in [-0.15, -0.1) is 11.3 Å². The average molecular weight is 311 g/mol. The molecule has 21 heavy (non-hydrogen) atoms. The molecule has 0 aromatic carbocycles. The number of aliphatic hydroxyl groups excluding tert-OH is 1. The van der Waals surface area contributed by atoms with E-state index in [1.54, 1.807) is 11.3 Å². The Balaban J connectivity index is 1.57. The van der Waals surface area contributed by atoms with E-state index in [4.69, 9.17) is 9.72 Å². The van der Waals surface area contributed by atoms with Gasteiger partial charge in [-0.2, -0.15) is 0 Å². The van der Waals surface area contributed by atoms with Crippen molar-refractivity contribution in [2.45, 2.75) is 38.5 Å². The second-order valence-electron chi connectivity index (χ2n) is 6.30. The Morgan fingerprint density at radius 1 is 1.38 bits per heavy atom. The van der Waals surface area contributed by atoms with Crippen LogP contribution in [0.15, 0.2) is 5.38 Å². The molecule has 3 rings (SSSR count). The Hall–Kier alpha value is -0.530. The Bertz CT molecular complexity index is 460. The summed E-state index contributed by atoms with van der Waals surface area (Å²) in [6, 6.07) is 0.249. The molecule has 0 amide bonds. The summed E-state index contributed by atoms with van der Waals surface area (Å²) >= 11 is 1.73. The summed E-state index contributed by atoms with van der Waals surface area (Å²) in [5.41, 5.74) is 1.18. The highest BCUT2D eigenvalue weighted by Gasteiger charge is 2.36. The van der Waals surface area contributed by atoms with Gasteiger partial charge in [-0.05, 0) is 5.92 Å². The van der Waals surface area contributed by atoms with Crippen LogP contribution in [-0.4, -0.2) is 71.4 Å². The second kappa shape index (κ2) is 6.71. The zero-order valence-electron chi connectivity index (χ0n) is 12.9.